The highest BCUT2D eigenvalue weighted by atomic mass is 16.4. The number of aromatic nitrogens is 4. The van der Waals surface area contributed by atoms with E-state index in [4.69, 9.17) is 10.2 Å². The number of anilines is 1. The maximum absolute atomic E-state index is 12.3. The summed E-state index contributed by atoms with van der Waals surface area (Å²) in [5.74, 6) is 0.758. The van der Waals surface area contributed by atoms with Crippen LogP contribution in [0.1, 0.15) is 0 Å². The van der Waals surface area contributed by atoms with Gasteiger partial charge in [0.2, 0.25) is 5.89 Å². The Morgan fingerprint density at radius 3 is 2.87 bits per heavy atom. The largest absolute Gasteiger partial charge is 0.403 e. The van der Waals surface area contributed by atoms with Crippen molar-refractivity contribution in [3.05, 3.63) is 65.7 Å². The van der Waals surface area contributed by atoms with E-state index >= 15 is 0 Å². The maximum atomic E-state index is 12.3. The van der Waals surface area contributed by atoms with Crippen LogP contribution in [-0.4, -0.2) is 19.5 Å². The van der Waals surface area contributed by atoms with E-state index in [0.717, 1.165) is 0 Å². The smallest absolute Gasteiger partial charge is 0.349 e. The molecular formula is C16H11N5O2. The van der Waals surface area contributed by atoms with Crippen molar-refractivity contribution < 1.29 is 4.42 Å². The summed E-state index contributed by atoms with van der Waals surface area (Å²) in [5.41, 5.74) is 6.72. The van der Waals surface area contributed by atoms with Gasteiger partial charge >= 0.3 is 5.63 Å². The van der Waals surface area contributed by atoms with Gasteiger partial charge in [-0.05, 0) is 24.3 Å². The minimum Gasteiger partial charge on any atom is -0.403 e. The molecule has 0 atom stereocenters. The summed E-state index contributed by atoms with van der Waals surface area (Å²) in [4.78, 5) is 25.0. The minimum atomic E-state index is -0.525. The van der Waals surface area contributed by atoms with Crippen LogP contribution in [0.4, 0.5) is 5.69 Å². The van der Waals surface area contributed by atoms with Gasteiger partial charge in [-0.15, -0.1) is 0 Å². The lowest BCUT2D eigenvalue weighted by Gasteiger charge is -2.08. The number of rotatable bonds is 2. The fraction of sp³-hybridized carbons (Fsp3) is 0. The number of hydrogen-bond donors (Lipinski definition) is 1. The van der Waals surface area contributed by atoms with Crippen LogP contribution in [0, 0.1) is 0 Å². The Morgan fingerprint density at radius 2 is 2.04 bits per heavy atom. The third-order valence-corrected chi connectivity index (χ3v) is 3.46. The highest BCUT2D eigenvalue weighted by Gasteiger charge is 2.15. The number of nitrogen functional groups attached to an aromatic ring is 1. The quantitative estimate of drug-likeness (QED) is 0.569. The standard InChI is InChI=1S/C16H11N5O2/c17-11-4-1-5-12-13(11)16(22)23-15(20-12)10-3-2-6-19-14(10)21-8-7-18-9-21/h1-9H,17H2. The third kappa shape index (κ3) is 2.15. The predicted molar refractivity (Wildman–Crippen MR) is 85.0 cm³/mol. The molecule has 2 N–H and O–H groups in total. The lowest BCUT2D eigenvalue weighted by Crippen LogP contribution is -2.07. The van der Waals surface area contributed by atoms with Crippen LogP contribution in [-0.2, 0) is 0 Å². The van der Waals surface area contributed by atoms with Crippen LogP contribution in [0.2, 0.25) is 0 Å². The van der Waals surface area contributed by atoms with E-state index in [1.54, 1.807) is 59.8 Å². The molecule has 1 aromatic carbocycles. The first-order chi connectivity index (χ1) is 11.2. The third-order valence-electron chi connectivity index (χ3n) is 3.46. The first-order valence-corrected chi connectivity index (χ1v) is 6.87. The number of nitrogens with zero attached hydrogens (tertiary/aromatic N) is 4. The molecule has 0 saturated carbocycles. The van der Waals surface area contributed by atoms with E-state index in [1.807, 2.05) is 0 Å². The molecule has 112 valence electrons. The average molecular weight is 305 g/mol. The zero-order valence-electron chi connectivity index (χ0n) is 11.9. The first-order valence-electron chi connectivity index (χ1n) is 6.87. The molecule has 0 spiro atoms. The van der Waals surface area contributed by atoms with E-state index < -0.39 is 5.63 Å². The van der Waals surface area contributed by atoms with Crippen molar-refractivity contribution in [1.29, 1.82) is 0 Å². The fourth-order valence-electron chi connectivity index (χ4n) is 2.41. The monoisotopic (exact) mass is 305 g/mol. The SMILES string of the molecule is Nc1cccc2nc(-c3cccnc3-n3ccnc3)oc(=O)c12. The average Bonchev–Trinajstić information content (AvgIpc) is 3.09. The van der Waals surface area contributed by atoms with Crippen molar-refractivity contribution in [3.8, 4) is 17.3 Å². The molecule has 4 rings (SSSR count). The molecule has 23 heavy (non-hydrogen) atoms. The van der Waals surface area contributed by atoms with Gasteiger partial charge in [0.15, 0.2) is 5.82 Å². The molecule has 7 nitrogen and oxygen atoms in total. The lowest BCUT2D eigenvalue weighted by molar-refractivity contribution is 0.518. The van der Waals surface area contributed by atoms with Gasteiger partial charge in [-0.1, -0.05) is 6.07 Å². The van der Waals surface area contributed by atoms with Gasteiger partial charge < -0.3 is 10.2 Å². The number of fused-ring (bicyclic) bond motifs is 1. The second kappa shape index (κ2) is 5.06. The van der Waals surface area contributed by atoms with Gasteiger partial charge in [-0.2, -0.15) is 0 Å². The highest BCUT2D eigenvalue weighted by Crippen LogP contribution is 2.25. The summed E-state index contributed by atoms with van der Waals surface area (Å²) in [5, 5.41) is 0.282. The Hall–Kier alpha value is -3.48. The summed E-state index contributed by atoms with van der Waals surface area (Å²) in [6.07, 6.45) is 6.66. The van der Waals surface area contributed by atoms with Crippen molar-refractivity contribution in [2.45, 2.75) is 0 Å². The van der Waals surface area contributed by atoms with Crippen LogP contribution in [0.5, 0.6) is 0 Å². The van der Waals surface area contributed by atoms with Gasteiger partial charge in [0.25, 0.3) is 0 Å². The molecule has 0 saturated heterocycles. The van der Waals surface area contributed by atoms with E-state index in [0.29, 0.717) is 22.6 Å². The van der Waals surface area contributed by atoms with Crippen molar-refractivity contribution in [2.75, 3.05) is 5.73 Å². The Balaban J connectivity index is 2.00. The summed E-state index contributed by atoms with van der Waals surface area (Å²) in [6, 6.07) is 8.64. The molecule has 4 aromatic rings. The normalized spacial score (nSPS) is 11.0. The van der Waals surface area contributed by atoms with Crippen molar-refractivity contribution >= 4 is 16.6 Å². The van der Waals surface area contributed by atoms with Crippen LogP contribution in [0.3, 0.4) is 0 Å². The van der Waals surface area contributed by atoms with Crippen LogP contribution < -0.4 is 11.4 Å². The Labute approximate surface area is 130 Å². The molecule has 0 aliphatic carbocycles. The number of benzene rings is 1. The number of nitrogens with two attached hydrogens (primary N) is 1. The van der Waals surface area contributed by atoms with Crippen molar-refractivity contribution in [2.24, 2.45) is 0 Å². The number of imidazole rings is 1. The second-order valence-electron chi connectivity index (χ2n) is 4.89. The Bertz CT molecular complexity index is 1050. The Morgan fingerprint density at radius 1 is 1.13 bits per heavy atom. The topological polar surface area (TPSA) is 99.8 Å². The van der Waals surface area contributed by atoms with Crippen LogP contribution >= 0.6 is 0 Å². The molecule has 3 heterocycles. The van der Waals surface area contributed by atoms with Gasteiger partial charge in [0, 0.05) is 24.3 Å². The first kappa shape index (κ1) is 13.2. The molecule has 7 heteroatoms. The second-order valence-corrected chi connectivity index (χ2v) is 4.89. The highest BCUT2D eigenvalue weighted by molar-refractivity contribution is 5.89. The van der Waals surface area contributed by atoms with E-state index in [2.05, 4.69) is 15.0 Å². The molecule has 0 amide bonds. The summed E-state index contributed by atoms with van der Waals surface area (Å²) >= 11 is 0. The predicted octanol–water partition coefficient (Wildman–Crippen LogP) is 2.02. The summed E-state index contributed by atoms with van der Waals surface area (Å²) < 4.78 is 7.10. The lowest BCUT2D eigenvalue weighted by atomic mass is 10.2. The molecule has 0 aliphatic heterocycles. The molecule has 0 radical (unpaired) electrons. The van der Waals surface area contributed by atoms with Crippen LogP contribution in [0.15, 0.2) is 64.5 Å². The van der Waals surface area contributed by atoms with E-state index in [1.165, 1.54) is 0 Å². The fourth-order valence-corrected chi connectivity index (χ4v) is 2.41. The van der Waals surface area contributed by atoms with Gasteiger partial charge in [0.05, 0.1) is 11.1 Å². The van der Waals surface area contributed by atoms with E-state index in [-0.39, 0.29) is 11.3 Å². The summed E-state index contributed by atoms with van der Waals surface area (Å²) in [7, 11) is 0. The Kier molecular flexibility index (Phi) is 2.90. The number of pyridine rings is 1. The van der Waals surface area contributed by atoms with Crippen molar-refractivity contribution in [1.82, 2.24) is 19.5 Å². The van der Waals surface area contributed by atoms with Gasteiger partial charge in [0.1, 0.15) is 11.7 Å². The minimum absolute atomic E-state index is 0.185. The van der Waals surface area contributed by atoms with Crippen LogP contribution in [0.25, 0.3) is 28.2 Å². The molecule has 0 bridgehead atoms. The van der Waals surface area contributed by atoms with E-state index in [9.17, 15) is 4.79 Å². The number of hydrogen-bond acceptors (Lipinski definition) is 6. The zero-order valence-corrected chi connectivity index (χ0v) is 11.9. The van der Waals surface area contributed by atoms with Crippen molar-refractivity contribution in [3.63, 3.8) is 0 Å². The zero-order chi connectivity index (χ0) is 15.8. The molecule has 3 aromatic heterocycles. The maximum Gasteiger partial charge on any atom is 0.349 e. The molecule has 0 aliphatic rings. The molecule has 0 fully saturated rings. The van der Waals surface area contributed by atoms with Gasteiger partial charge in [-0.25, -0.2) is 19.7 Å². The molecular weight excluding hydrogens is 294 g/mol. The summed E-state index contributed by atoms with van der Waals surface area (Å²) in [6.45, 7) is 0. The van der Waals surface area contributed by atoms with Gasteiger partial charge in [-0.3, -0.25) is 4.57 Å². The molecule has 0 unspecified atom stereocenters.